The van der Waals surface area contributed by atoms with Crippen LogP contribution in [0.1, 0.15) is 11.3 Å². The summed E-state index contributed by atoms with van der Waals surface area (Å²) in [6.07, 6.45) is 0.700. The molecule has 1 heterocycles. The number of halogens is 1. The van der Waals surface area contributed by atoms with Gasteiger partial charge in [0.25, 0.3) is 0 Å². The molecule has 2 aromatic rings. The molecule has 3 N–H and O–H groups in total. The molecule has 0 amide bonds. The monoisotopic (exact) mass is 219 g/mol. The molecule has 0 bridgehead atoms. The van der Waals surface area contributed by atoms with E-state index in [9.17, 15) is 4.39 Å². The molecular weight excluding hydrogens is 205 g/mol. The van der Waals surface area contributed by atoms with Crippen LogP contribution in [0, 0.1) is 12.7 Å². The molecule has 0 aliphatic heterocycles. The molecule has 0 spiro atoms. The SMILES string of the molecule is Cc1[nH]nc(-c2ccccc2F)c1CCN. The van der Waals surface area contributed by atoms with Crippen LogP contribution in [0.15, 0.2) is 24.3 Å². The number of hydrogen-bond donors (Lipinski definition) is 2. The molecule has 16 heavy (non-hydrogen) atoms. The Labute approximate surface area is 93.5 Å². The van der Waals surface area contributed by atoms with Gasteiger partial charge in [-0.3, -0.25) is 5.10 Å². The second-order valence-electron chi connectivity index (χ2n) is 3.69. The van der Waals surface area contributed by atoms with Crippen molar-refractivity contribution in [2.75, 3.05) is 6.54 Å². The molecule has 4 heteroatoms. The highest BCUT2D eigenvalue weighted by molar-refractivity contribution is 5.64. The molecule has 0 aliphatic rings. The first kappa shape index (κ1) is 10.8. The minimum absolute atomic E-state index is 0.257. The first-order chi connectivity index (χ1) is 7.74. The van der Waals surface area contributed by atoms with Crippen molar-refractivity contribution in [1.82, 2.24) is 10.2 Å². The normalized spacial score (nSPS) is 10.7. The molecule has 84 valence electrons. The third-order valence-corrected chi connectivity index (χ3v) is 2.60. The number of aryl methyl sites for hydroxylation is 1. The first-order valence-corrected chi connectivity index (χ1v) is 5.23. The summed E-state index contributed by atoms with van der Waals surface area (Å²) >= 11 is 0. The zero-order valence-electron chi connectivity index (χ0n) is 9.13. The lowest BCUT2D eigenvalue weighted by molar-refractivity contribution is 0.630. The van der Waals surface area contributed by atoms with Gasteiger partial charge in [0.1, 0.15) is 5.82 Å². The molecule has 0 saturated heterocycles. The van der Waals surface area contributed by atoms with Crippen LogP contribution in [-0.4, -0.2) is 16.7 Å². The van der Waals surface area contributed by atoms with Crippen molar-refractivity contribution in [2.45, 2.75) is 13.3 Å². The average molecular weight is 219 g/mol. The molecule has 0 unspecified atom stereocenters. The van der Waals surface area contributed by atoms with Crippen LogP contribution in [0.5, 0.6) is 0 Å². The van der Waals surface area contributed by atoms with E-state index in [1.54, 1.807) is 18.2 Å². The van der Waals surface area contributed by atoms with E-state index in [0.29, 0.717) is 24.2 Å². The molecule has 0 atom stereocenters. The van der Waals surface area contributed by atoms with Gasteiger partial charge >= 0.3 is 0 Å². The van der Waals surface area contributed by atoms with Crippen molar-refractivity contribution < 1.29 is 4.39 Å². The number of aromatic amines is 1. The number of hydrogen-bond acceptors (Lipinski definition) is 2. The van der Waals surface area contributed by atoms with E-state index < -0.39 is 0 Å². The zero-order chi connectivity index (χ0) is 11.5. The molecule has 0 aliphatic carbocycles. The van der Waals surface area contributed by atoms with Crippen molar-refractivity contribution in [3.8, 4) is 11.3 Å². The Hall–Kier alpha value is -1.68. The lowest BCUT2D eigenvalue weighted by Crippen LogP contribution is -2.04. The van der Waals surface area contributed by atoms with Crippen LogP contribution in [-0.2, 0) is 6.42 Å². The molecular formula is C12H14FN3. The minimum Gasteiger partial charge on any atom is -0.330 e. The second-order valence-corrected chi connectivity index (χ2v) is 3.69. The molecule has 2 rings (SSSR count). The topological polar surface area (TPSA) is 54.7 Å². The van der Waals surface area contributed by atoms with Gasteiger partial charge in [0.05, 0.1) is 5.69 Å². The van der Waals surface area contributed by atoms with Gasteiger partial charge in [-0.05, 0) is 32.0 Å². The number of nitrogens with one attached hydrogen (secondary N) is 1. The minimum atomic E-state index is -0.257. The van der Waals surface area contributed by atoms with Crippen molar-refractivity contribution in [1.29, 1.82) is 0 Å². The zero-order valence-corrected chi connectivity index (χ0v) is 9.13. The fourth-order valence-corrected chi connectivity index (χ4v) is 1.78. The maximum absolute atomic E-state index is 13.6. The van der Waals surface area contributed by atoms with Crippen LogP contribution in [0.25, 0.3) is 11.3 Å². The summed E-state index contributed by atoms with van der Waals surface area (Å²) in [5.74, 6) is -0.257. The van der Waals surface area contributed by atoms with Gasteiger partial charge in [-0.15, -0.1) is 0 Å². The highest BCUT2D eigenvalue weighted by atomic mass is 19.1. The Kier molecular flexibility index (Phi) is 3.01. The molecule has 0 radical (unpaired) electrons. The highest BCUT2D eigenvalue weighted by Gasteiger charge is 2.14. The van der Waals surface area contributed by atoms with Gasteiger partial charge in [0.15, 0.2) is 0 Å². The quantitative estimate of drug-likeness (QED) is 0.829. The number of H-pyrrole nitrogens is 1. The Morgan fingerprint density at radius 1 is 1.38 bits per heavy atom. The van der Waals surface area contributed by atoms with Crippen LogP contribution in [0.3, 0.4) is 0 Å². The van der Waals surface area contributed by atoms with E-state index in [4.69, 9.17) is 5.73 Å². The van der Waals surface area contributed by atoms with Crippen LogP contribution >= 0.6 is 0 Å². The summed E-state index contributed by atoms with van der Waals surface area (Å²) in [5.41, 5.74) is 8.67. The van der Waals surface area contributed by atoms with E-state index in [-0.39, 0.29) is 5.82 Å². The molecule has 0 saturated carbocycles. The van der Waals surface area contributed by atoms with E-state index in [1.807, 2.05) is 6.92 Å². The predicted molar refractivity (Wildman–Crippen MR) is 61.5 cm³/mol. The number of nitrogens with zero attached hydrogens (tertiary/aromatic N) is 1. The summed E-state index contributed by atoms with van der Waals surface area (Å²) in [4.78, 5) is 0. The van der Waals surface area contributed by atoms with Crippen molar-refractivity contribution >= 4 is 0 Å². The van der Waals surface area contributed by atoms with Crippen LogP contribution < -0.4 is 5.73 Å². The van der Waals surface area contributed by atoms with Gasteiger partial charge in [-0.1, -0.05) is 12.1 Å². The number of nitrogens with two attached hydrogens (primary N) is 1. The Morgan fingerprint density at radius 2 is 2.12 bits per heavy atom. The van der Waals surface area contributed by atoms with Crippen molar-refractivity contribution in [3.63, 3.8) is 0 Å². The largest absolute Gasteiger partial charge is 0.330 e. The number of rotatable bonds is 3. The summed E-state index contributed by atoms with van der Waals surface area (Å²) < 4.78 is 13.6. The predicted octanol–water partition coefficient (Wildman–Crippen LogP) is 2.03. The Bertz CT molecular complexity index is 491. The average Bonchev–Trinajstić information content (AvgIpc) is 2.62. The molecule has 1 aromatic carbocycles. The summed E-state index contributed by atoms with van der Waals surface area (Å²) in [5, 5.41) is 7.02. The van der Waals surface area contributed by atoms with E-state index in [2.05, 4.69) is 10.2 Å². The Balaban J connectivity index is 2.52. The second kappa shape index (κ2) is 4.45. The fourth-order valence-electron chi connectivity index (χ4n) is 1.78. The van der Waals surface area contributed by atoms with E-state index in [0.717, 1.165) is 11.3 Å². The number of aromatic nitrogens is 2. The molecule has 3 nitrogen and oxygen atoms in total. The van der Waals surface area contributed by atoms with Crippen molar-refractivity contribution in [3.05, 3.63) is 41.3 Å². The summed E-state index contributed by atoms with van der Waals surface area (Å²) in [6.45, 7) is 2.45. The third-order valence-electron chi connectivity index (χ3n) is 2.60. The lowest BCUT2D eigenvalue weighted by Gasteiger charge is -2.03. The van der Waals surface area contributed by atoms with Gasteiger partial charge in [-0.2, -0.15) is 5.10 Å². The van der Waals surface area contributed by atoms with Crippen molar-refractivity contribution in [2.24, 2.45) is 5.73 Å². The summed E-state index contributed by atoms with van der Waals surface area (Å²) in [7, 11) is 0. The van der Waals surface area contributed by atoms with Gasteiger partial charge in [0, 0.05) is 16.8 Å². The fraction of sp³-hybridized carbons (Fsp3) is 0.250. The molecule has 1 aromatic heterocycles. The van der Waals surface area contributed by atoms with Gasteiger partial charge in [-0.25, -0.2) is 4.39 Å². The maximum atomic E-state index is 13.6. The first-order valence-electron chi connectivity index (χ1n) is 5.23. The van der Waals surface area contributed by atoms with E-state index in [1.165, 1.54) is 6.07 Å². The standard InChI is InChI=1S/C12H14FN3/c1-8-9(6-7-14)12(16-15-8)10-4-2-3-5-11(10)13/h2-5H,6-7,14H2,1H3,(H,15,16). The van der Waals surface area contributed by atoms with Crippen LogP contribution in [0.4, 0.5) is 4.39 Å². The maximum Gasteiger partial charge on any atom is 0.132 e. The summed E-state index contributed by atoms with van der Waals surface area (Å²) in [6, 6.07) is 6.63. The Morgan fingerprint density at radius 3 is 2.81 bits per heavy atom. The van der Waals surface area contributed by atoms with Gasteiger partial charge < -0.3 is 5.73 Å². The van der Waals surface area contributed by atoms with Gasteiger partial charge in [0.2, 0.25) is 0 Å². The molecule has 0 fully saturated rings. The highest BCUT2D eigenvalue weighted by Crippen LogP contribution is 2.25. The van der Waals surface area contributed by atoms with E-state index >= 15 is 0 Å². The third kappa shape index (κ3) is 1.84. The van der Waals surface area contributed by atoms with Crippen LogP contribution in [0.2, 0.25) is 0 Å². The lowest BCUT2D eigenvalue weighted by atomic mass is 10.0. The smallest absolute Gasteiger partial charge is 0.132 e. The number of benzene rings is 1.